The largest absolute Gasteiger partial charge is 0.497 e. The summed E-state index contributed by atoms with van der Waals surface area (Å²) in [6, 6.07) is 17.3. The summed E-state index contributed by atoms with van der Waals surface area (Å²) in [5.74, 6) is 1.78. The molecule has 1 atom stereocenters. The SMILES string of the molecule is COc1ccc(N2CCN([C@H](c3ccc(N(C)C)cc3)c3nnnn3C(C)C)CC2)cc1. The second-order valence-electron chi connectivity index (χ2n) is 8.68. The summed E-state index contributed by atoms with van der Waals surface area (Å²) >= 11 is 0. The molecular formula is C24H33N7O. The van der Waals surface area contributed by atoms with Crippen LogP contribution in [0.2, 0.25) is 0 Å². The lowest BCUT2D eigenvalue weighted by Crippen LogP contribution is -2.48. The molecule has 170 valence electrons. The van der Waals surface area contributed by atoms with Crippen LogP contribution < -0.4 is 14.5 Å². The van der Waals surface area contributed by atoms with Gasteiger partial charge in [-0.05, 0) is 66.2 Å². The number of aromatic nitrogens is 4. The normalized spacial score (nSPS) is 15.8. The van der Waals surface area contributed by atoms with E-state index in [0.717, 1.165) is 37.8 Å². The van der Waals surface area contributed by atoms with Crippen LogP contribution >= 0.6 is 0 Å². The summed E-state index contributed by atoms with van der Waals surface area (Å²) in [7, 11) is 5.82. The minimum Gasteiger partial charge on any atom is -0.497 e. The monoisotopic (exact) mass is 435 g/mol. The topological polar surface area (TPSA) is 62.6 Å². The van der Waals surface area contributed by atoms with E-state index < -0.39 is 0 Å². The standard InChI is InChI=1S/C24H33N7O/c1-18(2)31-24(25-26-27-31)23(19-6-8-20(9-7-19)28(3)4)30-16-14-29(15-17-30)21-10-12-22(32-5)13-11-21/h6-13,18,23H,14-17H2,1-5H3/t23-/m1/s1. The van der Waals surface area contributed by atoms with E-state index >= 15 is 0 Å². The van der Waals surface area contributed by atoms with Crippen molar-refractivity contribution in [3.05, 3.63) is 59.9 Å². The summed E-state index contributed by atoms with van der Waals surface area (Å²) < 4.78 is 7.24. The number of piperazine rings is 1. The molecule has 32 heavy (non-hydrogen) atoms. The van der Waals surface area contributed by atoms with Crippen molar-refractivity contribution in [3.8, 4) is 5.75 Å². The van der Waals surface area contributed by atoms with Crippen LogP contribution in [0, 0.1) is 0 Å². The number of hydrogen-bond acceptors (Lipinski definition) is 7. The highest BCUT2D eigenvalue weighted by molar-refractivity contribution is 5.50. The molecule has 0 amide bonds. The molecule has 1 aliphatic heterocycles. The van der Waals surface area contributed by atoms with Gasteiger partial charge in [0.15, 0.2) is 5.82 Å². The molecule has 1 fully saturated rings. The first-order chi connectivity index (χ1) is 15.5. The van der Waals surface area contributed by atoms with Crippen molar-refractivity contribution >= 4 is 11.4 Å². The molecule has 0 aliphatic carbocycles. The van der Waals surface area contributed by atoms with Crippen LogP contribution in [-0.4, -0.2) is 72.5 Å². The third kappa shape index (κ3) is 4.55. The molecule has 0 radical (unpaired) electrons. The summed E-state index contributed by atoms with van der Waals surface area (Å²) in [4.78, 5) is 7.04. The van der Waals surface area contributed by atoms with Crippen molar-refractivity contribution in [1.82, 2.24) is 25.1 Å². The van der Waals surface area contributed by atoms with Gasteiger partial charge in [-0.1, -0.05) is 12.1 Å². The Labute approximate surface area is 190 Å². The maximum atomic E-state index is 5.30. The van der Waals surface area contributed by atoms with Crippen molar-refractivity contribution < 1.29 is 4.74 Å². The quantitative estimate of drug-likeness (QED) is 0.565. The van der Waals surface area contributed by atoms with Crippen LogP contribution in [0.3, 0.4) is 0 Å². The fraction of sp³-hybridized carbons (Fsp3) is 0.458. The summed E-state index contributed by atoms with van der Waals surface area (Å²) in [6.45, 7) is 7.99. The van der Waals surface area contributed by atoms with Gasteiger partial charge in [0.25, 0.3) is 0 Å². The smallest absolute Gasteiger partial charge is 0.173 e. The number of anilines is 2. The van der Waals surface area contributed by atoms with Gasteiger partial charge in [0.05, 0.1) is 19.2 Å². The van der Waals surface area contributed by atoms with Gasteiger partial charge >= 0.3 is 0 Å². The van der Waals surface area contributed by atoms with Crippen LogP contribution in [0.15, 0.2) is 48.5 Å². The Morgan fingerprint density at radius 2 is 1.56 bits per heavy atom. The maximum Gasteiger partial charge on any atom is 0.173 e. The maximum absolute atomic E-state index is 5.30. The van der Waals surface area contributed by atoms with Gasteiger partial charge in [0.2, 0.25) is 0 Å². The van der Waals surface area contributed by atoms with E-state index in [9.17, 15) is 0 Å². The first kappa shape index (κ1) is 22.1. The molecule has 0 bridgehead atoms. The van der Waals surface area contributed by atoms with E-state index in [2.05, 4.69) is 94.6 Å². The number of ether oxygens (including phenoxy) is 1. The summed E-state index contributed by atoms with van der Waals surface area (Å²) in [5, 5.41) is 12.8. The van der Waals surface area contributed by atoms with Crippen molar-refractivity contribution in [2.24, 2.45) is 0 Å². The Kier molecular flexibility index (Phi) is 6.60. The van der Waals surface area contributed by atoms with Crippen LogP contribution in [0.5, 0.6) is 5.75 Å². The molecule has 2 aromatic carbocycles. The lowest BCUT2D eigenvalue weighted by Gasteiger charge is -2.40. The van der Waals surface area contributed by atoms with E-state index in [4.69, 9.17) is 4.74 Å². The van der Waals surface area contributed by atoms with E-state index in [-0.39, 0.29) is 12.1 Å². The number of rotatable bonds is 7. The second-order valence-corrected chi connectivity index (χ2v) is 8.68. The average molecular weight is 436 g/mol. The van der Waals surface area contributed by atoms with Crippen molar-refractivity contribution in [2.45, 2.75) is 25.9 Å². The third-order valence-electron chi connectivity index (χ3n) is 6.09. The van der Waals surface area contributed by atoms with Crippen molar-refractivity contribution in [3.63, 3.8) is 0 Å². The third-order valence-corrected chi connectivity index (χ3v) is 6.09. The fourth-order valence-electron chi connectivity index (χ4n) is 4.26. The summed E-state index contributed by atoms with van der Waals surface area (Å²) in [5.41, 5.74) is 3.62. The van der Waals surface area contributed by atoms with Gasteiger partial charge in [0.1, 0.15) is 5.75 Å². The van der Waals surface area contributed by atoms with Crippen molar-refractivity contribution in [1.29, 1.82) is 0 Å². The molecule has 0 unspecified atom stereocenters. The Bertz CT molecular complexity index is 990. The zero-order valence-electron chi connectivity index (χ0n) is 19.6. The van der Waals surface area contributed by atoms with Gasteiger partial charge in [-0.3, -0.25) is 4.90 Å². The second kappa shape index (κ2) is 9.56. The van der Waals surface area contributed by atoms with E-state index in [1.165, 1.54) is 16.9 Å². The van der Waals surface area contributed by atoms with Crippen LogP contribution in [-0.2, 0) is 0 Å². The number of tetrazole rings is 1. The molecule has 1 aliphatic rings. The van der Waals surface area contributed by atoms with Gasteiger partial charge in [-0.2, -0.15) is 0 Å². The first-order valence-corrected chi connectivity index (χ1v) is 11.2. The highest BCUT2D eigenvalue weighted by Gasteiger charge is 2.31. The fourth-order valence-corrected chi connectivity index (χ4v) is 4.26. The minimum atomic E-state index is 0.0154. The van der Waals surface area contributed by atoms with Crippen LogP contribution in [0.25, 0.3) is 0 Å². The molecule has 1 saturated heterocycles. The molecule has 3 aromatic rings. The van der Waals surface area contributed by atoms with Gasteiger partial charge in [-0.25, -0.2) is 4.68 Å². The van der Waals surface area contributed by atoms with Crippen LogP contribution in [0.4, 0.5) is 11.4 Å². The van der Waals surface area contributed by atoms with E-state index in [0.29, 0.717) is 0 Å². The Hall–Kier alpha value is -3.13. The number of hydrogen-bond donors (Lipinski definition) is 0. The van der Waals surface area contributed by atoms with E-state index in [1.54, 1.807) is 7.11 Å². The van der Waals surface area contributed by atoms with Gasteiger partial charge < -0.3 is 14.5 Å². The zero-order valence-corrected chi connectivity index (χ0v) is 19.6. The highest BCUT2D eigenvalue weighted by Crippen LogP contribution is 2.31. The molecule has 8 nitrogen and oxygen atoms in total. The molecule has 1 aromatic heterocycles. The zero-order chi connectivity index (χ0) is 22.7. The first-order valence-electron chi connectivity index (χ1n) is 11.2. The minimum absolute atomic E-state index is 0.0154. The number of methoxy groups -OCH3 is 1. The lowest BCUT2D eigenvalue weighted by atomic mass is 10.0. The number of benzene rings is 2. The van der Waals surface area contributed by atoms with E-state index in [1.807, 2.05) is 16.8 Å². The van der Waals surface area contributed by atoms with Crippen LogP contribution in [0.1, 0.15) is 37.3 Å². The summed E-state index contributed by atoms with van der Waals surface area (Å²) in [6.07, 6.45) is 0. The highest BCUT2D eigenvalue weighted by atomic mass is 16.5. The molecule has 0 N–H and O–H groups in total. The molecule has 0 saturated carbocycles. The lowest BCUT2D eigenvalue weighted by molar-refractivity contribution is 0.199. The molecular weight excluding hydrogens is 402 g/mol. The Balaban J connectivity index is 1.58. The number of nitrogens with zero attached hydrogens (tertiary/aromatic N) is 7. The average Bonchev–Trinajstić information content (AvgIpc) is 3.30. The molecule has 4 rings (SSSR count). The molecule has 8 heteroatoms. The predicted octanol–water partition coefficient (Wildman–Crippen LogP) is 3.24. The van der Waals surface area contributed by atoms with Gasteiger partial charge in [0, 0.05) is 51.6 Å². The van der Waals surface area contributed by atoms with Crippen molar-refractivity contribution in [2.75, 3.05) is 57.2 Å². The molecule has 0 spiro atoms. The Morgan fingerprint density at radius 3 is 2.12 bits per heavy atom. The predicted molar refractivity (Wildman–Crippen MR) is 128 cm³/mol. The Morgan fingerprint density at radius 1 is 0.906 bits per heavy atom. The molecule has 2 heterocycles. The van der Waals surface area contributed by atoms with Gasteiger partial charge in [-0.15, -0.1) is 5.10 Å².